The molecule has 0 rings (SSSR count). The summed E-state index contributed by atoms with van der Waals surface area (Å²) >= 11 is 0. The molecule has 0 aromatic rings. The Morgan fingerprint density at radius 1 is 1.38 bits per heavy atom. The van der Waals surface area contributed by atoms with Crippen LogP contribution in [0.3, 0.4) is 0 Å². The van der Waals surface area contributed by atoms with E-state index in [0.717, 1.165) is 0 Å². The average molecular weight is 223 g/mol. The van der Waals surface area contributed by atoms with Crippen LogP contribution in [0.4, 0.5) is 12.9 Å². The quantitative estimate of drug-likeness (QED) is 0.549. The molecule has 0 amide bonds. The van der Waals surface area contributed by atoms with Crippen LogP contribution in [-0.4, -0.2) is 43.1 Å². The van der Waals surface area contributed by atoms with Crippen molar-refractivity contribution < 1.29 is 69.4 Å². The van der Waals surface area contributed by atoms with E-state index in [1.54, 1.807) is 6.92 Å². The first-order chi connectivity index (χ1) is 5.31. The first kappa shape index (κ1) is 16.8. The normalized spacial score (nSPS) is 14.1. The first-order valence-electron chi connectivity index (χ1n) is 3.89. The van der Waals surface area contributed by atoms with E-state index in [-0.39, 0.29) is 57.9 Å². The van der Waals surface area contributed by atoms with Gasteiger partial charge in [0.25, 0.3) is 0 Å². The minimum absolute atomic E-state index is 0. The van der Waals surface area contributed by atoms with Crippen molar-refractivity contribution >= 4 is 6.98 Å². The van der Waals surface area contributed by atoms with E-state index in [4.69, 9.17) is 5.11 Å². The zero-order valence-electron chi connectivity index (χ0n) is 8.30. The number of aliphatic hydroxyl groups is 1. The van der Waals surface area contributed by atoms with E-state index in [2.05, 4.69) is 0 Å². The number of hydrogen-bond acceptors (Lipinski definition) is 2. The molecule has 0 fully saturated rings. The summed E-state index contributed by atoms with van der Waals surface area (Å²) in [5.41, 5.74) is 0. The third kappa shape index (κ3) is 13.4. The van der Waals surface area contributed by atoms with Crippen molar-refractivity contribution in [3.05, 3.63) is 0 Å². The molecule has 0 saturated carbocycles. The summed E-state index contributed by atoms with van der Waals surface area (Å²) in [4.78, 5) is 1.17. The van der Waals surface area contributed by atoms with Crippen molar-refractivity contribution in [1.82, 2.24) is 4.90 Å². The van der Waals surface area contributed by atoms with Gasteiger partial charge in [0, 0.05) is 0 Å². The van der Waals surface area contributed by atoms with Crippen LogP contribution in [0.1, 0.15) is 13.3 Å². The Bertz CT molecular complexity index is 134. The van der Waals surface area contributed by atoms with Gasteiger partial charge >= 0.3 is 58.4 Å². The Morgan fingerprint density at radius 2 is 1.85 bits per heavy atom. The minimum Gasteiger partial charge on any atom is -0.448 e. The third-order valence-corrected chi connectivity index (χ3v) is 1.45. The van der Waals surface area contributed by atoms with E-state index in [1.165, 1.54) is 11.9 Å². The molecule has 2 nitrogen and oxygen atoms in total. The van der Waals surface area contributed by atoms with E-state index in [1.807, 2.05) is 0 Å². The van der Waals surface area contributed by atoms with Gasteiger partial charge in [0.1, 0.15) is 0 Å². The summed E-state index contributed by atoms with van der Waals surface area (Å²) in [6, 6.07) is 0. The SMILES string of the molecule is CC(O)CCN(C)C[B-](F)(F)F.[K+]. The largest absolute Gasteiger partial charge is 1.00 e. The van der Waals surface area contributed by atoms with Gasteiger partial charge in [-0.15, -0.1) is 0 Å². The van der Waals surface area contributed by atoms with Crippen molar-refractivity contribution in [2.75, 3.05) is 20.0 Å². The molecule has 0 radical (unpaired) electrons. The van der Waals surface area contributed by atoms with E-state index < -0.39 is 19.5 Å². The summed E-state index contributed by atoms with van der Waals surface area (Å²) in [7, 11) is 1.40. The van der Waals surface area contributed by atoms with Gasteiger partial charge in [-0.25, -0.2) is 0 Å². The zero-order chi connectivity index (χ0) is 9.78. The smallest absolute Gasteiger partial charge is 0.448 e. The maximum absolute atomic E-state index is 11.8. The van der Waals surface area contributed by atoms with Gasteiger partial charge in [-0.05, 0) is 33.4 Å². The summed E-state index contributed by atoms with van der Waals surface area (Å²) in [6.07, 6.45) is -1.01. The predicted molar refractivity (Wildman–Crippen MR) is 42.9 cm³/mol. The topological polar surface area (TPSA) is 23.5 Å². The Hall–Kier alpha value is 1.41. The molecular formula is C6H14BF3KNO. The van der Waals surface area contributed by atoms with Crippen LogP contribution in [0, 0.1) is 0 Å². The fourth-order valence-electron chi connectivity index (χ4n) is 0.852. The minimum atomic E-state index is -4.73. The van der Waals surface area contributed by atoms with Crippen molar-refractivity contribution in [2.24, 2.45) is 0 Å². The maximum atomic E-state index is 11.8. The second-order valence-corrected chi connectivity index (χ2v) is 3.11. The first-order valence-corrected chi connectivity index (χ1v) is 3.89. The second kappa shape index (κ2) is 7.67. The summed E-state index contributed by atoms with van der Waals surface area (Å²) in [5, 5.41) is 8.80. The van der Waals surface area contributed by atoms with Crippen molar-refractivity contribution in [3.63, 3.8) is 0 Å². The van der Waals surface area contributed by atoms with Gasteiger partial charge in [-0.2, -0.15) is 0 Å². The van der Waals surface area contributed by atoms with Crippen LogP contribution in [-0.2, 0) is 0 Å². The molecule has 74 valence electrons. The number of halogens is 3. The molecule has 0 bridgehead atoms. The number of hydrogen-bond donors (Lipinski definition) is 1. The van der Waals surface area contributed by atoms with Gasteiger partial charge in [0.2, 0.25) is 0 Å². The molecule has 0 aromatic heterocycles. The fourth-order valence-corrected chi connectivity index (χ4v) is 0.852. The average Bonchev–Trinajstić information content (AvgIpc) is 1.79. The number of nitrogens with zero attached hydrogens (tertiary/aromatic N) is 1. The molecule has 1 unspecified atom stereocenters. The van der Waals surface area contributed by atoms with Crippen LogP contribution in [0.25, 0.3) is 0 Å². The summed E-state index contributed by atoms with van der Waals surface area (Å²) in [5.74, 6) is 0. The molecule has 0 saturated heterocycles. The van der Waals surface area contributed by atoms with E-state index in [0.29, 0.717) is 6.42 Å². The van der Waals surface area contributed by atoms with Crippen molar-refractivity contribution in [2.45, 2.75) is 19.4 Å². The van der Waals surface area contributed by atoms with Gasteiger partial charge in [0.15, 0.2) is 0 Å². The van der Waals surface area contributed by atoms with Crippen LogP contribution in [0.15, 0.2) is 0 Å². The monoisotopic (exact) mass is 223 g/mol. The van der Waals surface area contributed by atoms with Crippen LogP contribution < -0.4 is 51.4 Å². The Balaban J connectivity index is 0. The molecule has 0 aliphatic carbocycles. The van der Waals surface area contributed by atoms with Gasteiger partial charge < -0.3 is 23.0 Å². The van der Waals surface area contributed by atoms with Crippen LogP contribution >= 0.6 is 0 Å². The molecule has 7 heteroatoms. The van der Waals surface area contributed by atoms with E-state index in [9.17, 15) is 12.9 Å². The van der Waals surface area contributed by atoms with Gasteiger partial charge in [-0.1, -0.05) is 0 Å². The Kier molecular flexibility index (Phi) is 9.93. The Morgan fingerprint density at radius 3 is 2.15 bits per heavy atom. The molecular weight excluding hydrogens is 209 g/mol. The van der Waals surface area contributed by atoms with Crippen molar-refractivity contribution in [3.8, 4) is 0 Å². The number of aliphatic hydroxyl groups excluding tert-OH is 1. The summed E-state index contributed by atoms with van der Waals surface area (Å²) < 4.78 is 35.4. The van der Waals surface area contributed by atoms with Gasteiger partial charge in [0.05, 0.1) is 6.10 Å². The molecule has 1 atom stereocenters. The fraction of sp³-hybridized carbons (Fsp3) is 1.00. The zero-order valence-corrected chi connectivity index (χ0v) is 11.4. The molecule has 0 spiro atoms. The molecule has 0 aliphatic heterocycles. The Labute approximate surface area is 119 Å². The second-order valence-electron chi connectivity index (χ2n) is 3.11. The maximum Gasteiger partial charge on any atom is 1.00 e. The van der Waals surface area contributed by atoms with Crippen molar-refractivity contribution in [1.29, 1.82) is 0 Å². The molecule has 0 aliphatic rings. The standard InChI is InChI=1S/C6H14BF3NO.K/c1-6(12)3-4-11(2)5-7(8,9)10;/h6,12H,3-5H2,1-2H3;/q-1;+1. The molecule has 0 aromatic carbocycles. The number of rotatable bonds is 5. The molecule has 13 heavy (non-hydrogen) atoms. The molecule has 1 N–H and O–H groups in total. The summed E-state index contributed by atoms with van der Waals surface area (Å²) in [6.45, 7) is -2.89. The van der Waals surface area contributed by atoms with Gasteiger partial charge in [-0.3, -0.25) is 0 Å². The van der Waals surface area contributed by atoms with E-state index >= 15 is 0 Å². The van der Waals surface area contributed by atoms with Crippen LogP contribution in [0.5, 0.6) is 0 Å². The predicted octanol–water partition coefficient (Wildman–Crippen LogP) is -1.92. The molecule has 0 heterocycles. The third-order valence-electron chi connectivity index (χ3n) is 1.45. The van der Waals surface area contributed by atoms with Crippen LogP contribution in [0.2, 0.25) is 0 Å².